The van der Waals surface area contributed by atoms with E-state index < -0.39 is 0 Å². The van der Waals surface area contributed by atoms with Crippen molar-refractivity contribution in [2.75, 3.05) is 0 Å². The van der Waals surface area contributed by atoms with Gasteiger partial charge in [0.15, 0.2) is 0 Å². The van der Waals surface area contributed by atoms with Crippen LogP contribution in [0.5, 0.6) is 0 Å². The van der Waals surface area contributed by atoms with Gasteiger partial charge in [0.2, 0.25) is 0 Å². The summed E-state index contributed by atoms with van der Waals surface area (Å²) in [5.41, 5.74) is 3.06. The Kier molecular flexibility index (Phi) is 19.0. The molecule has 0 heterocycles. The smallest absolute Gasteiger partial charge is 0.147 e. The van der Waals surface area contributed by atoms with Crippen LogP contribution in [-0.4, -0.2) is 0 Å². The molecule has 0 nitrogen and oxygen atoms in total. The van der Waals surface area contributed by atoms with Crippen LogP contribution in [0.15, 0.2) is 18.2 Å². The number of hydrogen-bond acceptors (Lipinski definition) is 0. The van der Waals surface area contributed by atoms with Gasteiger partial charge in [-0.05, 0) is 0 Å². The fourth-order valence-electron chi connectivity index (χ4n) is 1.48. The molecule has 17 heavy (non-hydrogen) atoms. The van der Waals surface area contributed by atoms with E-state index in [1.54, 1.807) is 23.8 Å². The summed E-state index contributed by atoms with van der Waals surface area (Å²) in [4.78, 5) is 0. The summed E-state index contributed by atoms with van der Waals surface area (Å²) in [5, 5.41) is 0. The Hall–Kier alpha value is 1.07. The van der Waals surface area contributed by atoms with Crippen LogP contribution in [0, 0.1) is 0 Å². The van der Waals surface area contributed by atoms with Crippen LogP contribution in [-0.2, 0) is 19.8 Å². The number of rotatable bonds is 2. The predicted octanol–water partition coefficient (Wildman–Crippen LogP) is 4.79. The summed E-state index contributed by atoms with van der Waals surface area (Å²) in [5.74, 6) is 1.32. The molecule has 0 aliphatic carbocycles. The van der Waals surface area contributed by atoms with Crippen molar-refractivity contribution >= 4 is 53.6 Å². The van der Waals surface area contributed by atoms with Crippen molar-refractivity contribution < 1.29 is 19.8 Å². The Morgan fingerprint density at radius 2 is 1.06 bits per heavy atom. The van der Waals surface area contributed by atoms with Crippen molar-refractivity contribution in [3.8, 4) is 0 Å². The standard InChI is InChI=1S/C12H17.4ClH.W/c1-9(2)11-6-5-7-12(8-11)10(3)4;;;;;/h5-7,9-10H,1-4H3;4*1H;. The molecule has 0 N–H and O–H groups in total. The fraction of sp³-hybridized carbons (Fsp3) is 0.500. The van der Waals surface area contributed by atoms with E-state index in [0.717, 1.165) is 0 Å². The van der Waals surface area contributed by atoms with Crippen molar-refractivity contribution in [2.24, 2.45) is 0 Å². The van der Waals surface area contributed by atoms with Gasteiger partial charge in [-0.1, -0.05) is 0 Å². The summed E-state index contributed by atoms with van der Waals surface area (Å²) in [6, 6.07) is 6.72. The van der Waals surface area contributed by atoms with Gasteiger partial charge in [-0.2, -0.15) is 0 Å². The van der Waals surface area contributed by atoms with Crippen LogP contribution in [0.2, 0.25) is 0 Å². The molecule has 0 aliphatic heterocycles. The minimum absolute atomic E-state index is 0. The molecule has 0 saturated heterocycles. The molecule has 0 atom stereocenters. The SMILES string of the molecule is CC(C)c1cccc(C(C)C)[c]1[W].Cl.Cl.Cl.Cl. The molecule has 0 fully saturated rings. The maximum atomic E-state index is 2.27. The van der Waals surface area contributed by atoms with Gasteiger partial charge in [0.05, 0.1) is 0 Å². The molecule has 103 valence electrons. The summed E-state index contributed by atoms with van der Waals surface area (Å²) in [7, 11) is 0. The largest absolute Gasteiger partial charge is 0.147 e. The normalized spacial score (nSPS) is 8.59. The van der Waals surface area contributed by atoms with E-state index in [4.69, 9.17) is 0 Å². The molecule has 1 aromatic rings. The first-order valence-corrected chi connectivity index (χ1v) is 6.30. The van der Waals surface area contributed by atoms with Gasteiger partial charge >= 0.3 is 92.6 Å². The van der Waals surface area contributed by atoms with Gasteiger partial charge in [0, 0.05) is 0 Å². The van der Waals surface area contributed by atoms with E-state index >= 15 is 0 Å². The zero-order valence-electron chi connectivity index (χ0n) is 10.4. The Morgan fingerprint density at radius 1 is 0.765 bits per heavy atom. The van der Waals surface area contributed by atoms with E-state index in [-0.39, 0.29) is 49.6 Å². The third-order valence-electron chi connectivity index (χ3n) is 2.32. The van der Waals surface area contributed by atoms with Crippen LogP contribution >= 0.6 is 49.6 Å². The van der Waals surface area contributed by atoms with Crippen LogP contribution in [0.25, 0.3) is 0 Å². The molecule has 0 amide bonds. The van der Waals surface area contributed by atoms with E-state index in [2.05, 4.69) is 45.9 Å². The Balaban J connectivity index is -0.000000211. The minimum atomic E-state index is 0. The Labute approximate surface area is 141 Å². The maximum absolute atomic E-state index is 2.27. The molecule has 0 radical (unpaired) electrons. The molecule has 1 aromatic carbocycles. The van der Waals surface area contributed by atoms with Gasteiger partial charge < -0.3 is 0 Å². The summed E-state index contributed by atoms with van der Waals surface area (Å²) < 4.78 is 1.56. The Bertz CT molecular complexity index is 274. The Morgan fingerprint density at radius 3 is 1.29 bits per heavy atom. The van der Waals surface area contributed by atoms with Gasteiger partial charge in [-0.3, -0.25) is 0 Å². The monoisotopic (exact) mass is 489 g/mol. The first kappa shape index (κ1) is 26.6. The first-order valence-electron chi connectivity index (χ1n) is 4.83. The van der Waals surface area contributed by atoms with Crippen LogP contribution in [0.3, 0.4) is 0 Å². The molecule has 0 aliphatic rings. The maximum Gasteiger partial charge on any atom is -0.147 e. The van der Waals surface area contributed by atoms with E-state index in [0.29, 0.717) is 11.8 Å². The third kappa shape index (κ3) is 7.28. The van der Waals surface area contributed by atoms with E-state index in [1.807, 2.05) is 0 Å². The fourth-order valence-corrected chi connectivity index (χ4v) is 3.67. The molecule has 0 aromatic heterocycles. The van der Waals surface area contributed by atoms with Gasteiger partial charge in [0.1, 0.15) is 0 Å². The van der Waals surface area contributed by atoms with Crippen molar-refractivity contribution in [1.29, 1.82) is 0 Å². The third-order valence-corrected chi connectivity index (χ3v) is 4.01. The first-order chi connectivity index (χ1) is 6.04. The van der Waals surface area contributed by atoms with Crippen molar-refractivity contribution in [3.63, 3.8) is 0 Å². The molecular formula is C12H21Cl4W. The number of benzene rings is 1. The zero-order chi connectivity index (χ0) is 10.0. The second-order valence-corrected chi connectivity index (χ2v) is 5.54. The molecule has 0 unspecified atom stereocenters. The second-order valence-electron chi connectivity index (χ2n) is 4.07. The molecule has 5 heteroatoms. The minimum Gasteiger partial charge on any atom is -0.147 e. The number of halogens is 4. The van der Waals surface area contributed by atoms with Gasteiger partial charge in [-0.15, -0.1) is 49.6 Å². The van der Waals surface area contributed by atoms with Crippen LogP contribution < -0.4 is 3.95 Å². The molecule has 0 bridgehead atoms. The van der Waals surface area contributed by atoms with Crippen LogP contribution in [0.4, 0.5) is 0 Å². The topological polar surface area (TPSA) is 0 Å². The van der Waals surface area contributed by atoms with Crippen LogP contribution in [0.1, 0.15) is 50.7 Å². The zero-order valence-corrected chi connectivity index (χ0v) is 16.6. The molecule has 1 rings (SSSR count). The van der Waals surface area contributed by atoms with E-state index in [1.165, 1.54) is 11.1 Å². The summed E-state index contributed by atoms with van der Waals surface area (Å²) in [6.07, 6.45) is 0. The molecule has 0 spiro atoms. The van der Waals surface area contributed by atoms with Crippen molar-refractivity contribution in [2.45, 2.75) is 39.5 Å². The average Bonchev–Trinajstić information content (AvgIpc) is 2.03. The van der Waals surface area contributed by atoms with Crippen molar-refractivity contribution in [1.82, 2.24) is 0 Å². The van der Waals surface area contributed by atoms with Gasteiger partial charge in [-0.25, -0.2) is 0 Å². The summed E-state index contributed by atoms with van der Waals surface area (Å²) in [6.45, 7) is 9.08. The van der Waals surface area contributed by atoms with Crippen molar-refractivity contribution in [3.05, 3.63) is 29.3 Å². The summed E-state index contributed by atoms with van der Waals surface area (Å²) >= 11 is 1.60. The number of hydrogen-bond donors (Lipinski definition) is 0. The average molecular weight is 491 g/mol. The second kappa shape index (κ2) is 12.1. The molecular weight excluding hydrogens is 470 g/mol. The quantitative estimate of drug-likeness (QED) is 0.559. The van der Waals surface area contributed by atoms with E-state index in [9.17, 15) is 0 Å². The predicted molar refractivity (Wildman–Crippen MR) is 83.2 cm³/mol. The molecule has 0 saturated carbocycles. The van der Waals surface area contributed by atoms with Gasteiger partial charge in [0.25, 0.3) is 0 Å².